The van der Waals surface area contributed by atoms with Crippen molar-refractivity contribution >= 4 is 21.7 Å². The summed E-state index contributed by atoms with van der Waals surface area (Å²) in [6.45, 7) is 0.540. The molecule has 1 heterocycles. The maximum atomic E-state index is 12.3. The number of benzene rings is 1. The Morgan fingerprint density at radius 1 is 1.23 bits per heavy atom. The third-order valence-corrected chi connectivity index (χ3v) is 6.47. The Bertz CT molecular complexity index is 741. The number of nitrogens with zero attached hydrogens (tertiary/aromatic N) is 1. The van der Waals surface area contributed by atoms with Crippen LogP contribution in [0.2, 0.25) is 0 Å². The molecule has 1 saturated heterocycles. The van der Waals surface area contributed by atoms with Crippen LogP contribution in [0, 0.1) is 0 Å². The zero-order chi connectivity index (χ0) is 19.2. The van der Waals surface area contributed by atoms with Crippen molar-refractivity contribution in [3.8, 4) is 11.5 Å². The predicted molar refractivity (Wildman–Crippen MR) is 95.9 cm³/mol. The normalized spacial score (nSPS) is 15.4. The molecule has 1 aliphatic rings. The molecule has 1 aromatic rings. The number of carbonyl (C=O) groups is 2. The highest BCUT2D eigenvalue weighted by atomic mass is 32.2. The number of nitrogens with one attached hydrogen (secondary N) is 1. The van der Waals surface area contributed by atoms with Gasteiger partial charge in [0, 0.05) is 26.2 Å². The van der Waals surface area contributed by atoms with E-state index in [1.54, 1.807) is 36.3 Å². The van der Waals surface area contributed by atoms with Gasteiger partial charge in [-0.3, -0.25) is 9.59 Å². The van der Waals surface area contributed by atoms with E-state index in [2.05, 4.69) is 5.32 Å². The van der Waals surface area contributed by atoms with Crippen molar-refractivity contribution in [3.63, 3.8) is 0 Å². The Morgan fingerprint density at radius 3 is 2.50 bits per heavy atom. The monoisotopic (exact) mass is 384 g/mol. The van der Waals surface area contributed by atoms with Gasteiger partial charge in [-0.25, -0.2) is 8.42 Å². The second kappa shape index (κ2) is 8.88. The van der Waals surface area contributed by atoms with Gasteiger partial charge < -0.3 is 19.7 Å². The molecule has 2 rings (SSSR count). The van der Waals surface area contributed by atoms with Crippen LogP contribution in [0.25, 0.3) is 0 Å². The molecule has 0 aliphatic carbocycles. The minimum Gasteiger partial charge on any atom is -0.497 e. The van der Waals surface area contributed by atoms with Crippen LogP contribution in [0.4, 0.5) is 0 Å². The third kappa shape index (κ3) is 5.35. The molecule has 26 heavy (non-hydrogen) atoms. The maximum absolute atomic E-state index is 12.3. The molecule has 2 amide bonds. The first kappa shape index (κ1) is 20.0. The minimum atomic E-state index is -3.50. The summed E-state index contributed by atoms with van der Waals surface area (Å²) in [6, 6.07) is 6.96. The fraction of sp³-hybridized carbons (Fsp3) is 0.529. The van der Waals surface area contributed by atoms with Crippen LogP contribution in [-0.4, -0.2) is 70.0 Å². The van der Waals surface area contributed by atoms with E-state index < -0.39 is 26.7 Å². The maximum Gasteiger partial charge on any atom is 0.260 e. The number of likely N-dealkylation sites (tertiary alicyclic amines) is 1. The molecule has 9 heteroatoms. The summed E-state index contributed by atoms with van der Waals surface area (Å²) in [6.07, 6.45) is 0.647. The average molecular weight is 384 g/mol. The molecule has 0 bridgehead atoms. The summed E-state index contributed by atoms with van der Waals surface area (Å²) in [5.74, 6) is -0.0656. The fourth-order valence-electron chi connectivity index (χ4n) is 2.76. The molecule has 0 aromatic heterocycles. The van der Waals surface area contributed by atoms with Crippen LogP contribution in [0.5, 0.6) is 11.5 Å². The SMILES string of the molecule is CNC(=O)CS(=O)(=O)C1CCN(C(=O)COc2cccc(OC)c2)CC1. The lowest BCUT2D eigenvalue weighted by Crippen LogP contribution is -2.45. The molecule has 1 N–H and O–H groups in total. The summed E-state index contributed by atoms with van der Waals surface area (Å²) in [5, 5.41) is 1.73. The van der Waals surface area contributed by atoms with E-state index in [-0.39, 0.29) is 12.5 Å². The van der Waals surface area contributed by atoms with E-state index in [0.717, 1.165) is 0 Å². The van der Waals surface area contributed by atoms with Crippen molar-refractivity contribution in [2.75, 3.05) is 39.6 Å². The third-order valence-electron chi connectivity index (χ3n) is 4.32. The Kier molecular flexibility index (Phi) is 6.84. The van der Waals surface area contributed by atoms with Gasteiger partial charge in [0.15, 0.2) is 16.4 Å². The van der Waals surface area contributed by atoms with Crippen molar-refractivity contribution in [1.29, 1.82) is 0 Å². The van der Waals surface area contributed by atoms with Gasteiger partial charge in [-0.1, -0.05) is 6.07 Å². The lowest BCUT2D eigenvalue weighted by Gasteiger charge is -2.31. The van der Waals surface area contributed by atoms with Crippen LogP contribution in [0.15, 0.2) is 24.3 Å². The number of rotatable bonds is 7. The van der Waals surface area contributed by atoms with E-state index >= 15 is 0 Å². The summed E-state index contributed by atoms with van der Waals surface area (Å²) in [4.78, 5) is 25.2. The molecule has 8 nitrogen and oxygen atoms in total. The lowest BCUT2D eigenvalue weighted by molar-refractivity contribution is -0.134. The van der Waals surface area contributed by atoms with E-state index in [1.807, 2.05) is 0 Å². The van der Waals surface area contributed by atoms with Crippen LogP contribution in [0.1, 0.15) is 12.8 Å². The molecule has 0 saturated carbocycles. The van der Waals surface area contributed by atoms with Gasteiger partial charge >= 0.3 is 0 Å². The highest BCUT2D eigenvalue weighted by Gasteiger charge is 2.32. The second-order valence-electron chi connectivity index (χ2n) is 6.03. The van der Waals surface area contributed by atoms with Crippen LogP contribution >= 0.6 is 0 Å². The summed E-state index contributed by atoms with van der Waals surface area (Å²) in [5.41, 5.74) is 0. The number of ether oxygens (including phenoxy) is 2. The smallest absolute Gasteiger partial charge is 0.260 e. The van der Waals surface area contributed by atoms with Gasteiger partial charge in [0.1, 0.15) is 17.3 Å². The van der Waals surface area contributed by atoms with E-state index in [9.17, 15) is 18.0 Å². The quantitative estimate of drug-likeness (QED) is 0.722. The number of sulfone groups is 1. The first-order chi connectivity index (χ1) is 12.4. The number of hydrogen-bond donors (Lipinski definition) is 1. The molecule has 1 aliphatic heterocycles. The first-order valence-electron chi connectivity index (χ1n) is 8.32. The van der Waals surface area contributed by atoms with Gasteiger partial charge in [-0.2, -0.15) is 0 Å². The van der Waals surface area contributed by atoms with E-state index in [4.69, 9.17) is 9.47 Å². The molecule has 0 spiro atoms. The molecule has 144 valence electrons. The molecule has 1 fully saturated rings. The van der Waals surface area contributed by atoms with E-state index in [1.165, 1.54) is 7.05 Å². The Hall–Kier alpha value is -2.29. The molecule has 0 atom stereocenters. The molecule has 0 unspecified atom stereocenters. The first-order valence-corrected chi connectivity index (χ1v) is 10.0. The zero-order valence-corrected chi connectivity index (χ0v) is 15.8. The Balaban J connectivity index is 1.83. The zero-order valence-electron chi connectivity index (χ0n) is 14.9. The van der Waals surface area contributed by atoms with Crippen molar-refractivity contribution in [2.45, 2.75) is 18.1 Å². The van der Waals surface area contributed by atoms with Gasteiger partial charge in [-0.05, 0) is 25.0 Å². The average Bonchev–Trinajstić information content (AvgIpc) is 2.66. The minimum absolute atomic E-state index is 0.122. The molecule has 0 radical (unpaired) electrons. The van der Waals surface area contributed by atoms with Crippen molar-refractivity contribution in [2.24, 2.45) is 0 Å². The predicted octanol–water partition coefficient (Wildman–Crippen LogP) is 0.226. The summed E-state index contributed by atoms with van der Waals surface area (Å²) in [7, 11) is -0.549. The van der Waals surface area contributed by atoms with Crippen LogP contribution in [-0.2, 0) is 19.4 Å². The van der Waals surface area contributed by atoms with E-state index in [0.29, 0.717) is 37.4 Å². The summed E-state index contributed by atoms with van der Waals surface area (Å²) >= 11 is 0. The Labute approximate surface area is 153 Å². The largest absolute Gasteiger partial charge is 0.497 e. The lowest BCUT2D eigenvalue weighted by atomic mass is 10.1. The van der Waals surface area contributed by atoms with Crippen LogP contribution < -0.4 is 14.8 Å². The number of carbonyl (C=O) groups excluding carboxylic acids is 2. The van der Waals surface area contributed by atoms with Gasteiger partial charge in [0.25, 0.3) is 5.91 Å². The Morgan fingerprint density at radius 2 is 1.88 bits per heavy atom. The highest BCUT2D eigenvalue weighted by Crippen LogP contribution is 2.21. The van der Waals surface area contributed by atoms with Gasteiger partial charge in [-0.15, -0.1) is 0 Å². The number of hydrogen-bond acceptors (Lipinski definition) is 6. The standard InChI is InChI=1S/C17H24N2O6S/c1-18-16(20)12-26(22,23)15-6-8-19(9-7-15)17(21)11-25-14-5-3-4-13(10-14)24-2/h3-5,10,15H,6-9,11-12H2,1-2H3,(H,18,20). The second-order valence-corrected chi connectivity index (χ2v) is 8.31. The van der Waals surface area contributed by atoms with Gasteiger partial charge in [0.05, 0.1) is 12.4 Å². The van der Waals surface area contributed by atoms with Crippen molar-refractivity contribution in [3.05, 3.63) is 24.3 Å². The molecular weight excluding hydrogens is 360 g/mol. The van der Waals surface area contributed by atoms with Gasteiger partial charge in [0.2, 0.25) is 5.91 Å². The van der Waals surface area contributed by atoms with Crippen LogP contribution in [0.3, 0.4) is 0 Å². The number of amides is 2. The number of methoxy groups -OCH3 is 1. The molecule has 1 aromatic carbocycles. The van der Waals surface area contributed by atoms with Crippen molar-refractivity contribution < 1.29 is 27.5 Å². The number of piperidine rings is 1. The highest BCUT2D eigenvalue weighted by molar-refractivity contribution is 7.92. The fourth-order valence-corrected chi connectivity index (χ4v) is 4.44. The molecular formula is C17H24N2O6S. The summed E-state index contributed by atoms with van der Waals surface area (Å²) < 4.78 is 35.0. The van der Waals surface area contributed by atoms with Crippen molar-refractivity contribution in [1.82, 2.24) is 10.2 Å². The topological polar surface area (TPSA) is 102 Å².